The summed E-state index contributed by atoms with van der Waals surface area (Å²) >= 11 is 0. The van der Waals surface area contributed by atoms with Crippen LogP contribution in [0.5, 0.6) is 0 Å². The Morgan fingerprint density at radius 2 is 1.94 bits per heavy atom. The van der Waals surface area contributed by atoms with E-state index in [0.29, 0.717) is 11.5 Å². The van der Waals surface area contributed by atoms with Crippen LogP contribution in [0.15, 0.2) is 23.3 Å². The number of rotatable bonds is 3. The molecule has 33 heavy (non-hydrogen) atoms. The van der Waals surface area contributed by atoms with Gasteiger partial charge in [0.2, 0.25) is 0 Å². The highest BCUT2D eigenvalue weighted by atomic mass is 16.6. The zero-order valence-corrected chi connectivity index (χ0v) is 20.4. The summed E-state index contributed by atoms with van der Waals surface area (Å²) < 4.78 is 5.92. The Morgan fingerprint density at radius 3 is 2.52 bits per heavy atom. The molecule has 4 N–H and O–H groups in total. The van der Waals surface area contributed by atoms with Gasteiger partial charge in [-0.1, -0.05) is 32.9 Å². The molecule has 1 unspecified atom stereocenters. The van der Waals surface area contributed by atoms with Crippen LogP contribution < -0.4 is 0 Å². The van der Waals surface area contributed by atoms with Crippen molar-refractivity contribution >= 4 is 6.09 Å². The minimum Gasteiger partial charge on any atom is -0.438 e. The first kappa shape index (κ1) is 23.3. The number of amides is 1. The first-order chi connectivity index (χ1) is 15.4. The molecule has 1 amide bonds. The van der Waals surface area contributed by atoms with Gasteiger partial charge in [0.1, 0.15) is 11.7 Å². The molecule has 7 heteroatoms. The highest BCUT2D eigenvalue weighted by Crippen LogP contribution is 2.72. The van der Waals surface area contributed by atoms with E-state index in [1.54, 1.807) is 24.9 Å². The van der Waals surface area contributed by atoms with E-state index in [0.717, 1.165) is 25.7 Å². The molecule has 7 nitrogen and oxygen atoms in total. The molecule has 2 bridgehead atoms. The predicted octanol–water partition coefficient (Wildman–Crippen LogP) is 2.24. The smallest absolute Gasteiger partial charge is 0.410 e. The molecular weight excluding hydrogens is 422 g/mol. The van der Waals surface area contributed by atoms with Crippen LogP contribution in [0.2, 0.25) is 0 Å². The molecule has 0 aliphatic heterocycles. The van der Waals surface area contributed by atoms with Crippen molar-refractivity contribution in [3.05, 3.63) is 23.3 Å². The number of fused-ring (bicyclic) bond motifs is 3. The van der Waals surface area contributed by atoms with E-state index in [9.17, 15) is 25.2 Å². The monoisotopic (exact) mass is 461 g/mol. The van der Waals surface area contributed by atoms with Crippen molar-refractivity contribution in [1.82, 2.24) is 4.90 Å². The summed E-state index contributed by atoms with van der Waals surface area (Å²) in [5.41, 5.74) is -2.21. The summed E-state index contributed by atoms with van der Waals surface area (Å²) in [6.45, 7) is 7.79. The third kappa shape index (κ3) is 2.79. The molecule has 5 aliphatic carbocycles. The molecule has 0 aromatic rings. The maximum Gasteiger partial charge on any atom is 0.410 e. The minimum atomic E-state index is -1.98. The second kappa shape index (κ2) is 7.30. The van der Waals surface area contributed by atoms with Crippen LogP contribution in [0.3, 0.4) is 0 Å². The predicted molar refractivity (Wildman–Crippen MR) is 122 cm³/mol. The molecular formula is C26H39NO6. The molecule has 9 atom stereocenters. The second-order valence-corrected chi connectivity index (χ2v) is 12.0. The molecule has 184 valence electrons. The fourth-order valence-electron chi connectivity index (χ4n) is 8.01. The fourth-order valence-corrected chi connectivity index (χ4v) is 8.01. The number of nitrogens with zero attached hydrogens (tertiary/aromatic N) is 1. The Morgan fingerprint density at radius 1 is 1.27 bits per heavy atom. The van der Waals surface area contributed by atoms with Crippen molar-refractivity contribution in [2.45, 2.75) is 83.3 Å². The van der Waals surface area contributed by atoms with E-state index >= 15 is 0 Å². The lowest BCUT2D eigenvalue weighted by molar-refractivity contribution is -0.216. The van der Waals surface area contributed by atoms with Crippen molar-refractivity contribution in [3.8, 4) is 0 Å². The summed E-state index contributed by atoms with van der Waals surface area (Å²) in [5, 5.41) is 46.1. The Labute approximate surface area is 196 Å². The quantitative estimate of drug-likeness (QED) is 0.480. The first-order valence-electron chi connectivity index (χ1n) is 12.5. The Kier molecular flexibility index (Phi) is 5.16. The minimum absolute atomic E-state index is 0.0424. The van der Waals surface area contributed by atoms with Crippen LogP contribution in [-0.2, 0) is 4.74 Å². The third-order valence-electron chi connectivity index (χ3n) is 10.3. The van der Waals surface area contributed by atoms with Gasteiger partial charge in [-0.05, 0) is 66.9 Å². The lowest BCUT2D eigenvalue weighted by Crippen LogP contribution is -2.67. The van der Waals surface area contributed by atoms with E-state index in [1.165, 1.54) is 0 Å². The molecule has 0 radical (unpaired) electrons. The van der Waals surface area contributed by atoms with Gasteiger partial charge in [-0.25, -0.2) is 4.79 Å². The van der Waals surface area contributed by atoms with Crippen LogP contribution in [0, 0.1) is 34.5 Å². The number of aliphatic hydroxyl groups is 4. The van der Waals surface area contributed by atoms with Crippen LogP contribution in [0.4, 0.5) is 4.79 Å². The molecule has 5 aliphatic rings. The number of carbonyl (C=O) groups excluding carboxylic acids is 1. The maximum absolute atomic E-state index is 13.0. The number of hydrogen-bond acceptors (Lipinski definition) is 6. The summed E-state index contributed by atoms with van der Waals surface area (Å²) in [6, 6.07) is 0.125. The molecule has 0 heterocycles. The van der Waals surface area contributed by atoms with Gasteiger partial charge in [-0.2, -0.15) is 0 Å². The molecule has 3 fully saturated rings. The summed E-state index contributed by atoms with van der Waals surface area (Å²) in [6.07, 6.45) is 3.29. The number of carbonyl (C=O) groups is 1. The second-order valence-electron chi connectivity index (χ2n) is 12.0. The van der Waals surface area contributed by atoms with Gasteiger partial charge in [-0.15, -0.1) is 0 Å². The molecule has 5 rings (SSSR count). The lowest BCUT2D eigenvalue weighted by atomic mass is 9.58. The average molecular weight is 462 g/mol. The molecule has 3 saturated carbocycles. The summed E-state index contributed by atoms with van der Waals surface area (Å²) in [4.78, 5) is 14.6. The third-order valence-corrected chi connectivity index (χ3v) is 10.3. The van der Waals surface area contributed by atoms with Gasteiger partial charge in [0.25, 0.3) is 0 Å². The zero-order valence-electron chi connectivity index (χ0n) is 20.4. The maximum atomic E-state index is 13.0. The van der Waals surface area contributed by atoms with Crippen molar-refractivity contribution in [2.75, 3.05) is 13.7 Å². The Bertz CT molecular complexity index is 908. The molecule has 0 aromatic carbocycles. The number of hydrogen-bond donors (Lipinski definition) is 4. The van der Waals surface area contributed by atoms with Crippen LogP contribution in [0.25, 0.3) is 0 Å². The van der Waals surface area contributed by atoms with Crippen molar-refractivity contribution in [3.63, 3.8) is 0 Å². The highest BCUT2D eigenvalue weighted by Gasteiger charge is 2.76. The zero-order chi connectivity index (χ0) is 24.1. The van der Waals surface area contributed by atoms with Gasteiger partial charge in [0.15, 0.2) is 6.10 Å². The topological polar surface area (TPSA) is 110 Å². The Balaban J connectivity index is 1.59. The van der Waals surface area contributed by atoms with Crippen LogP contribution in [-0.4, -0.2) is 75.0 Å². The van der Waals surface area contributed by atoms with Gasteiger partial charge in [-0.3, -0.25) is 0 Å². The van der Waals surface area contributed by atoms with Crippen LogP contribution >= 0.6 is 0 Å². The largest absolute Gasteiger partial charge is 0.438 e. The molecule has 0 aromatic heterocycles. The van der Waals surface area contributed by atoms with Crippen molar-refractivity contribution in [2.24, 2.45) is 34.5 Å². The molecule has 1 spiro atoms. The standard InChI is InChI=1S/C26H39NO6/c1-13-11-25-14(2)9-18-19(24(18,3)4)17(21(25)30)10-15(12-28)20(29)26(25,32)22(13)33-23(31)27(5)16-7-6-8-16/h10-11,14,16-22,28-30,32H,6-9,12H2,1-5H3/t14-,17+,18-,19+,20-,21?,22+,25+,26+/m1/s1. The van der Waals surface area contributed by atoms with E-state index in [1.807, 2.05) is 13.0 Å². The van der Waals surface area contributed by atoms with E-state index in [-0.39, 0.29) is 34.8 Å². The lowest BCUT2D eigenvalue weighted by Gasteiger charge is -2.52. The van der Waals surface area contributed by atoms with Gasteiger partial charge in [0, 0.05) is 19.0 Å². The number of ether oxygens (including phenoxy) is 1. The fraction of sp³-hybridized carbons (Fsp3) is 0.808. The van der Waals surface area contributed by atoms with E-state index < -0.39 is 42.0 Å². The van der Waals surface area contributed by atoms with Crippen molar-refractivity contribution < 1.29 is 30.0 Å². The van der Waals surface area contributed by atoms with E-state index in [4.69, 9.17) is 4.74 Å². The normalized spacial score (nSPS) is 47.7. The highest BCUT2D eigenvalue weighted by molar-refractivity contribution is 5.69. The molecule has 0 saturated heterocycles. The van der Waals surface area contributed by atoms with Crippen molar-refractivity contribution in [1.29, 1.82) is 0 Å². The van der Waals surface area contributed by atoms with Gasteiger partial charge in [0.05, 0.1) is 18.1 Å². The number of aliphatic hydroxyl groups excluding tert-OH is 3. The van der Waals surface area contributed by atoms with Crippen LogP contribution in [0.1, 0.15) is 53.4 Å². The van der Waals surface area contributed by atoms with Gasteiger partial charge >= 0.3 is 6.09 Å². The summed E-state index contributed by atoms with van der Waals surface area (Å²) in [7, 11) is 1.71. The first-order valence-corrected chi connectivity index (χ1v) is 12.5. The van der Waals surface area contributed by atoms with E-state index in [2.05, 4.69) is 13.8 Å². The summed E-state index contributed by atoms with van der Waals surface area (Å²) in [5.74, 6) is 0.102. The van der Waals surface area contributed by atoms with Gasteiger partial charge < -0.3 is 30.1 Å². The average Bonchev–Trinajstić information content (AvgIpc) is 3.20. The Hall–Kier alpha value is -1.41. The SMILES string of the molecule is CC1=C[C@]23C(O)[C@@H](C=C(CO)[C@@H](O)[C@]2(O)[C@H]1OC(=O)N(C)C1CCC1)[C@H]1[C@@H](C[C@H]3C)C1(C)C.